The molecule has 0 heterocycles. The van der Waals surface area contributed by atoms with E-state index in [1.165, 1.54) is 0 Å². The average molecular weight is 334 g/mol. The first-order valence-electron chi connectivity index (χ1n) is 5.84. The Balaban J connectivity index is 2.14. The molecule has 0 aliphatic rings. The molecule has 0 aliphatic carbocycles. The van der Waals surface area contributed by atoms with Crippen molar-refractivity contribution in [3.05, 3.63) is 58.1 Å². The van der Waals surface area contributed by atoms with Gasteiger partial charge in [-0.3, -0.25) is 9.59 Å². The van der Waals surface area contributed by atoms with E-state index >= 15 is 0 Å². The maximum atomic E-state index is 12.1. The minimum Gasteiger partial charge on any atom is -0.496 e. The van der Waals surface area contributed by atoms with E-state index in [4.69, 9.17) is 4.74 Å². The van der Waals surface area contributed by atoms with Crippen LogP contribution in [0.3, 0.4) is 0 Å². The zero-order valence-electron chi connectivity index (χ0n) is 10.7. The highest BCUT2D eigenvalue weighted by Gasteiger charge is 2.09. The highest BCUT2D eigenvalue weighted by atomic mass is 79.9. The van der Waals surface area contributed by atoms with Crippen LogP contribution in [0.25, 0.3) is 0 Å². The van der Waals surface area contributed by atoms with E-state index in [1.54, 1.807) is 49.6 Å². The Kier molecular flexibility index (Phi) is 4.53. The number of anilines is 1. The van der Waals surface area contributed by atoms with Gasteiger partial charge in [0.1, 0.15) is 12.0 Å². The van der Waals surface area contributed by atoms with E-state index < -0.39 is 0 Å². The van der Waals surface area contributed by atoms with Crippen LogP contribution in [-0.4, -0.2) is 19.3 Å². The topological polar surface area (TPSA) is 55.4 Å². The van der Waals surface area contributed by atoms with Gasteiger partial charge in [-0.2, -0.15) is 0 Å². The zero-order chi connectivity index (χ0) is 14.5. The largest absolute Gasteiger partial charge is 0.496 e. The third-order valence-corrected chi connectivity index (χ3v) is 3.34. The Bertz CT molecular complexity index is 638. The summed E-state index contributed by atoms with van der Waals surface area (Å²) in [6, 6.07) is 11.7. The number of carbonyl (C=O) groups excluding carboxylic acids is 2. The molecule has 2 aromatic rings. The molecule has 2 aromatic carbocycles. The van der Waals surface area contributed by atoms with Gasteiger partial charge >= 0.3 is 0 Å². The van der Waals surface area contributed by atoms with E-state index in [-0.39, 0.29) is 5.91 Å². The normalized spacial score (nSPS) is 9.90. The van der Waals surface area contributed by atoms with E-state index in [0.717, 1.165) is 6.29 Å². The van der Waals surface area contributed by atoms with Gasteiger partial charge in [0.05, 0.1) is 11.6 Å². The molecule has 0 aliphatic heterocycles. The first kappa shape index (κ1) is 14.3. The van der Waals surface area contributed by atoms with Gasteiger partial charge in [0.15, 0.2) is 0 Å². The summed E-state index contributed by atoms with van der Waals surface area (Å²) >= 11 is 3.34. The fraction of sp³-hybridized carbons (Fsp3) is 0.0667. The first-order chi connectivity index (χ1) is 9.63. The Labute approximate surface area is 124 Å². The van der Waals surface area contributed by atoms with Crippen LogP contribution in [0.4, 0.5) is 5.69 Å². The van der Waals surface area contributed by atoms with Crippen LogP contribution >= 0.6 is 15.9 Å². The molecule has 102 valence electrons. The predicted octanol–water partition coefficient (Wildman–Crippen LogP) is 3.52. The van der Waals surface area contributed by atoms with Crippen molar-refractivity contribution < 1.29 is 14.3 Å². The van der Waals surface area contributed by atoms with Gasteiger partial charge in [-0.05, 0) is 58.4 Å². The average Bonchev–Trinajstić information content (AvgIpc) is 2.48. The Morgan fingerprint density at radius 1 is 1.20 bits per heavy atom. The number of methoxy groups -OCH3 is 1. The highest BCUT2D eigenvalue weighted by Crippen LogP contribution is 2.25. The third kappa shape index (κ3) is 3.24. The highest BCUT2D eigenvalue weighted by molar-refractivity contribution is 9.10. The van der Waals surface area contributed by atoms with E-state index in [1.807, 2.05) is 0 Å². The van der Waals surface area contributed by atoms with Gasteiger partial charge in [-0.25, -0.2) is 0 Å². The second-order valence-corrected chi connectivity index (χ2v) is 4.90. The van der Waals surface area contributed by atoms with Crippen molar-refractivity contribution >= 4 is 33.8 Å². The molecule has 2 rings (SSSR count). The van der Waals surface area contributed by atoms with Crippen LogP contribution in [0.15, 0.2) is 46.9 Å². The maximum Gasteiger partial charge on any atom is 0.255 e. The molecule has 4 nitrogen and oxygen atoms in total. The van der Waals surface area contributed by atoms with Crippen LogP contribution in [-0.2, 0) is 0 Å². The Morgan fingerprint density at radius 2 is 1.90 bits per heavy atom. The molecular weight excluding hydrogens is 322 g/mol. The molecular formula is C15H12BrNO3. The molecule has 1 amide bonds. The van der Waals surface area contributed by atoms with Crippen LogP contribution in [0.5, 0.6) is 5.75 Å². The predicted molar refractivity (Wildman–Crippen MR) is 80.5 cm³/mol. The van der Waals surface area contributed by atoms with Crippen molar-refractivity contribution in [3.8, 4) is 5.75 Å². The van der Waals surface area contributed by atoms with Crippen molar-refractivity contribution in [2.75, 3.05) is 12.4 Å². The summed E-state index contributed by atoms with van der Waals surface area (Å²) in [6.07, 6.45) is 0.756. The van der Waals surface area contributed by atoms with Crippen molar-refractivity contribution in [2.24, 2.45) is 0 Å². The fourth-order valence-electron chi connectivity index (χ4n) is 1.66. The first-order valence-corrected chi connectivity index (χ1v) is 6.63. The molecule has 0 fully saturated rings. The van der Waals surface area contributed by atoms with Gasteiger partial charge < -0.3 is 10.1 Å². The lowest BCUT2D eigenvalue weighted by Crippen LogP contribution is -2.11. The summed E-state index contributed by atoms with van der Waals surface area (Å²) in [5, 5.41) is 2.76. The zero-order valence-corrected chi connectivity index (χ0v) is 12.3. The lowest BCUT2D eigenvalue weighted by molar-refractivity contribution is 0.102. The summed E-state index contributed by atoms with van der Waals surface area (Å²) in [6.45, 7) is 0. The van der Waals surface area contributed by atoms with E-state index in [0.29, 0.717) is 27.0 Å². The number of nitrogens with one attached hydrogen (secondary N) is 1. The molecule has 1 N–H and O–H groups in total. The molecule has 5 heteroatoms. The Hall–Kier alpha value is -2.14. The van der Waals surface area contributed by atoms with Crippen molar-refractivity contribution in [2.45, 2.75) is 0 Å². The van der Waals surface area contributed by atoms with Crippen LogP contribution in [0.2, 0.25) is 0 Å². The van der Waals surface area contributed by atoms with E-state index in [2.05, 4.69) is 21.2 Å². The number of halogens is 1. The van der Waals surface area contributed by atoms with Gasteiger partial charge in [-0.1, -0.05) is 0 Å². The number of hydrogen-bond acceptors (Lipinski definition) is 3. The number of amides is 1. The number of benzene rings is 2. The second-order valence-electron chi connectivity index (χ2n) is 4.04. The number of rotatable bonds is 4. The summed E-state index contributed by atoms with van der Waals surface area (Å²) in [4.78, 5) is 22.6. The van der Waals surface area contributed by atoms with Gasteiger partial charge in [0.2, 0.25) is 0 Å². The van der Waals surface area contributed by atoms with Gasteiger partial charge in [0.25, 0.3) is 5.91 Å². The molecule has 20 heavy (non-hydrogen) atoms. The minimum absolute atomic E-state index is 0.229. The third-order valence-electron chi connectivity index (χ3n) is 2.72. The molecule has 0 bridgehead atoms. The van der Waals surface area contributed by atoms with Crippen molar-refractivity contribution in [1.29, 1.82) is 0 Å². The van der Waals surface area contributed by atoms with Gasteiger partial charge in [-0.15, -0.1) is 0 Å². The molecule has 0 saturated carbocycles. The molecule has 0 unspecified atom stereocenters. The number of ether oxygens (including phenoxy) is 1. The SMILES string of the molecule is COc1ccc(C(=O)Nc2ccc(C=O)cc2)cc1Br. The van der Waals surface area contributed by atoms with Gasteiger partial charge in [0, 0.05) is 16.8 Å². The van der Waals surface area contributed by atoms with Crippen molar-refractivity contribution in [1.82, 2.24) is 0 Å². The smallest absolute Gasteiger partial charge is 0.255 e. The lowest BCUT2D eigenvalue weighted by atomic mass is 10.2. The molecule has 0 atom stereocenters. The van der Waals surface area contributed by atoms with Crippen LogP contribution < -0.4 is 10.1 Å². The standard InChI is InChI=1S/C15H12BrNO3/c1-20-14-7-4-11(8-13(14)16)15(19)17-12-5-2-10(9-18)3-6-12/h2-9H,1H3,(H,17,19). The fourth-order valence-corrected chi connectivity index (χ4v) is 2.20. The Morgan fingerprint density at radius 3 is 2.45 bits per heavy atom. The van der Waals surface area contributed by atoms with Crippen molar-refractivity contribution in [3.63, 3.8) is 0 Å². The molecule has 0 aromatic heterocycles. The summed E-state index contributed by atoms with van der Waals surface area (Å²) in [5.41, 5.74) is 1.71. The van der Waals surface area contributed by atoms with E-state index in [9.17, 15) is 9.59 Å². The number of aldehydes is 1. The second kappa shape index (κ2) is 6.34. The molecule has 0 saturated heterocycles. The molecule has 0 spiro atoms. The summed E-state index contributed by atoms with van der Waals surface area (Å²) < 4.78 is 5.82. The minimum atomic E-state index is -0.229. The lowest BCUT2D eigenvalue weighted by Gasteiger charge is -2.08. The summed E-state index contributed by atoms with van der Waals surface area (Å²) in [5.74, 6) is 0.434. The van der Waals surface area contributed by atoms with Crippen LogP contribution in [0, 0.1) is 0 Å². The number of carbonyl (C=O) groups is 2. The number of hydrogen-bond donors (Lipinski definition) is 1. The maximum absolute atomic E-state index is 12.1. The quantitative estimate of drug-likeness (QED) is 0.871. The van der Waals surface area contributed by atoms with Crippen LogP contribution in [0.1, 0.15) is 20.7 Å². The molecule has 0 radical (unpaired) electrons. The monoisotopic (exact) mass is 333 g/mol. The summed E-state index contributed by atoms with van der Waals surface area (Å²) in [7, 11) is 1.56.